The van der Waals surface area contributed by atoms with Crippen LogP contribution in [0.2, 0.25) is 39.3 Å². The van der Waals surface area contributed by atoms with Crippen LogP contribution >= 0.6 is 0 Å². The number of ether oxygens (including phenoxy) is 1. The van der Waals surface area contributed by atoms with Crippen LogP contribution in [0.1, 0.15) is 0 Å². The summed E-state index contributed by atoms with van der Waals surface area (Å²) < 4.78 is 8.27. The van der Waals surface area contributed by atoms with Crippen molar-refractivity contribution < 1.29 is 4.74 Å². The Morgan fingerprint density at radius 1 is 1.00 bits per heavy atom. The lowest BCUT2D eigenvalue weighted by atomic mass is 10.3. The Morgan fingerprint density at radius 3 is 2.05 bits per heavy atom. The molecule has 2 rings (SSSR count). The third-order valence-electron chi connectivity index (χ3n) is 3.98. The fraction of sp³-hybridized carbons (Fsp3) is 0.571. The molecule has 20 heavy (non-hydrogen) atoms. The van der Waals surface area contributed by atoms with E-state index in [9.17, 15) is 0 Å². The van der Waals surface area contributed by atoms with Crippen molar-refractivity contribution in [2.75, 3.05) is 7.11 Å². The van der Waals surface area contributed by atoms with Crippen LogP contribution in [0.5, 0.6) is 0 Å². The number of methoxy groups -OCH3 is 1. The number of rotatable bonds is 4. The molecule has 4 nitrogen and oxygen atoms in total. The molecule has 1 heterocycles. The minimum Gasteiger partial charge on any atom is -0.364 e. The molecule has 0 fully saturated rings. The molecule has 0 radical (unpaired) electrons. The highest BCUT2D eigenvalue weighted by Crippen LogP contribution is 2.39. The second-order valence-corrected chi connectivity index (χ2v) is 18.2. The minimum atomic E-state index is -1.69. The molecule has 1 aromatic carbocycles. The summed E-state index contributed by atoms with van der Waals surface area (Å²) in [5.74, 6) is 0. The van der Waals surface area contributed by atoms with Crippen molar-refractivity contribution in [2.45, 2.75) is 44.3 Å². The molecule has 1 aromatic heterocycles. The second-order valence-electron chi connectivity index (χ2n) is 7.34. The monoisotopic (exact) mass is 307 g/mol. The number of benzene rings is 1. The van der Waals surface area contributed by atoms with Gasteiger partial charge >= 0.3 is 0 Å². The Morgan fingerprint density at radius 2 is 1.55 bits per heavy atom. The van der Waals surface area contributed by atoms with Gasteiger partial charge in [-0.1, -0.05) is 56.6 Å². The van der Waals surface area contributed by atoms with Crippen LogP contribution in [0.3, 0.4) is 0 Å². The number of nitrogens with zero attached hydrogens (tertiary/aromatic N) is 3. The van der Waals surface area contributed by atoms with E-state index in [0.717, 1.165) is 11.0 Å². The molecule has 0 spiro atoms. The highest BCUT2D eigenvalue weighted by molar-refractivity contribution is 6.96. The van der Waals surface area contributed by atoms with Gasteiger partial charge in [-0.05, 0) is 12.1 Å². The summed E-state index contributed by atoms with van der Waals surface area (Å²) in [6, 6.07) is 8.13. The summed E-state index contributed by atoms with van der Waals surface area (Å²) in [6.45, 7) is 14.1. The van der Waals surface area contributed by atoms with Gasteiger partial charge in [-0.25, -0.2) is 4.68 Å². The van der Waals surface area contributed by atoms with E-state index < -0.39 is 16.1 Å². The summed E-state index contributed by atoms with van der Waals surface area (Å²) in [7, 11) is -1.56. The zero-order valence-corrected chi connectivity index (χ0v) is 15.6. The molecule has 0 unspecified atom stereocenters. The largest absolute Gasteiger partial charge is 0.364 e. The summed E-state index contributed by atoms with van der Waals surface area (Å²) in [5.41, 5.74) is 2.00. The van der Waals surface area contributed by atoms with Crippen LogP contribution in [-0.4, -0.2) is 38.3 Å². The normalized spacial score (nSPS) is 13.9. The van der Waals surface area contributed by atoms with Crippen molar-refractivity contribution in [3.05, 3.63) is 24.3 Å². The molecule has 0 aliphatic carbocycles. The van der Waals surface area contributed by atoms with Crippen molar-refractivity contribution in [3.63, 3.8) is 0 Å². The smallest absolute Gasteiger partial charge is 0.132 e. The predicted molar refractivity (Wildman–Crippen MR) is 89.2 cm³/mol. The Hall–Kier alpha value is -0.986. The first kappa shape index (κ1) is 15.4. The zero-order chi connectivity index (χ0) is 15.2. The van der Waals surface area contributed by atoms with Crippen LogP contribution in [0.4, 0.5) is 0 Å². The maximum Gasteiger partial charge on any atom is 0.132 e. The molecule has 0 saturated heterocycles. The van der Waals surface area contributed by atoms with E-state index >= 15 is 0 Å². The first-order valence-electron chi connectivity index (χ1n) is 7.01. The zero-order valence-electron chi connectivity index (χ0n) is 13.6. The van der Waals surface area contributed by atoms with Crippen LogP contribution in [-0.2, 0) is 9.71 Å². The Labute approximate surface area is 123 Å². The van der Waals surface area contributed by atoms with E-state index in [2.05, 4.69) is 60.3 Å². The van der Waals surface area contributed by atoms with Crippen molar-refractivity contribution in [1.29, 1.82) is 0 Å². The van der Waals surface area contributed by atoms with Crippen molar-refractivity contribution in [2.24, 2.45) is 0 Å². The molecule has 0 saturated carbocycles. The molecule has 110 valence electrons. The Balaban J connectivity index is 2.82. The minimum absolute atomic E-state index is 0.309. The lowest BCUT2D eigenvalue weighted by molar-refractivity contribution is 0.0435. The lowest BCUT2D eigenvalue weighted by Crippen LogP contribution is -2.68. The van der Waals surface area contributed by atoms with E-state index in [1.54, 1.807) is 0 Å². The molecule has 0 atom stereocenters. The SMILES string of the molecule is COC(n1nnc2ccccc21)([Si](C)(C)C)[Si](C)(C)C. The summed E-state index contributed by atoms with van der Waals surface area (Å²) >= 11 is 0. The van der Waals surface area contributed by atoms with Crippen LogP contribution in [0, 0.1) is 0 Å². The van der Waals surface area contributed by atoms with E-state index in [-0.39, 0.29) is 4.97 Å². The molecular weight excluding hydrogens is 282 g/mol. The van der Waals surface area contributed by atoms with E-state index in [4.69, 9.17) is 4.74 Å². The molecule has 2 aromatic rings. The van der Waals surface area contributed by atoms with Crippen molar-refractivity contribution in [1.82, 2.24) is 15.0 Å². The third kappa shape index (κ3) is 2.06. The lowest BCUT2D eigenvalue weighted by Gasteiger charge is -2.50. The number of fused-ring (bicyclic) bond motifs is 1. The highest BCUT2D eigenvalue weighted by Gasteiger charge is 2.56. The summed E-state index contributed by atoms with van der Waals surface area (Å²) in [6.07, 6.45) is 0. The molecular formula is C14H25N3OSi2. The average molecular weight is 308 g/mol. The maximum absolute atomic E-state index is 6.20. The van der Waals surface area contributed by atoms with Gasteiger partial charge < -0.3 is 4.74 Å². The van der Waals surface area contributed by atoms with E-state index in [1.165, 1.54) is 0 Å². The topological polar surface area (TPSA) is 39.9 Å². The average Bonchev–Trinajstić information content (AvgIpc) is 2.71. The molecule has 0 aliphatic heterocycles. The van der Waals surface area contributed by atoms with Gasteiger partial charge in [0.1, 0.15) is 26.6 Å². The number of hydrogen-bond acceptors (Lipinski definition) is 3. The quantitative estimate of drug-likeness (QED) is 0.812. The van der Waals surface area contributed by atoms with E-state index in [0.29, 0.717) is 0 Å². The van der Waals surface area contributed by atoms with Crippen LogP contribution < -0.4 is 0 Å². The van der Waals surface area contributed by atoms with Gasteiger partial charge in [0.25, 0.3) is 0 Å². The molecule has 6 heteroatoms. The fourth-order valence-electron chi connectivity index (χ4n) is 3.56. The molecule has 0 N–H and O–H groups in total. The fourth-order valence-corrected chi connectivity index (χ4v) is 15.4. The Kier molecular flexibility index (Phi) is 3.68. The van der Waals surface area contributed by atoms with Gasteiger partial charge in [0.05, 0.1) is 5.52 Å². The standard InChI is InChI=1S/C14H25N3OSi2/c1-18-14(19(2,3)4,20(5,6)7)17-13-11-9-8-10-12(13)15-16-17/h8-11H,1-7H3. The van der Waals surface area contributed by atoms with Gasteiger partial charge in [0.15, 0.2) is 0 Å². The first-order chi connectivity index (χ1) is 9.15. The van der Waals surface area contributed by atoms with Crippen LogP contribution in [0.15, 0.2) is 24.3 Å². The van der Waals surface area contributed by atoms with Crippen molar-refractivity contribution in [3.8, 4) is 0 Å². The van der Waals surface area contributed by atoms with E-state index in [1.807, 2.05) is 25.3 Å². The van der Waals surface area contributed by atoms with Gasteiger partial charge in [-0.3, -0.25) is 0 Å². The number of para-hydroxylation sites is 1. The summed E-state index contributed by atoms with van der Waals surface area (Å²) in [4.78, 5) is -0.309. The molecule has 0 aliphatic rings. The maximum atomic E-state index is 6.20. The van der Waals surface area contributed by atoms with Crippen LogP contribution in [0.25, 0.3) is 11.0 Å². The third-order valence-corrected chi connectivity index (χ3v) is 13.4. The summed E-state index contributed by atoms with van der Waals surface area (Å²) in [5, 5.41) is 8.82. The van der Waals surface area contributed by atoms with Gasteiger partial charge in [-0.2, -0.15) is 0 Å². The Bertz CT molecular complexity index is 597. The highest BCUT2D eigenvalue weighted by atomic mass is 28.4. The van der Waals surface area contributed by atoms with Gasteiger partial charge in [-0.15, -0.1) is 5.10 Å². The van der Waals surface area contributed by atoms with Gasteiger partial charge in [0, 0.05) is 7.11 Å². The molecule has 0 bridgehead atoms. The molecule has 0 amide bonds. The number of aromatic nitrogens is 3. The first-order valence-corrected chi connectivity index (χ1v) is 14.0. The number of hydrogen-bond donors (Lipinski definition) is 0. The predicted octanol–water partition coefficient (Wildman–Crippen LogP) is 3.49. The second kappa shape index (κ2) is 4.78. The van der Waals surface area contributed by atoms with Crippen molar-refractivity contribution >= 4 is 27.2 Å². The van der Waals surface area contributed by atoms with Gasteiger partial charge in [0.2, 0.25) is 0 Å².